The van der Waals surface area contributed by atoms with E-state index < -0.39 is 0 Å². The summed E-state index contributed by atoms with van der Waals surface area (Å²) in [6, 6.07) is 8.37. The molecule has 2 aromatic heterocycles. The Kier molecular flexibility index (Phi) is 1.42. The van der Waals surface area contributed by atoms with Crippen LogP contribution in [-0.2, 0) is 6.54 Å². The van der Waals surface area contributed by atoms with Gasteiger partial charge in [0.2, 0.25) is 5.78 Å². The lowest BCUT2D eigenvalue weighted by atomic mass is 10.3. The van der Waals surface area contributed by atoms with E-state index in [9.17, 15) is 0 Å². The van der Waals surface area contributed by atoms with Crippen molar-refractivity contribution in [3.8, 4) is 0 Å². The molecule has 3 nitrogen and oxygen atoms in total. The Morgan fingerprint density at radius 3 is 2.79 bits per heavy atom. The van der Waals surface area contributed by atoms with E-state index in [1.165, 1.54) is 11.0 Å². The SMILES string of the molecule is CCn1c2ccccc2n2ccnc12. The van der Waals surface area contributed by atoms with Gasteiger partial charge in [-0.15, -0.1) is 0 Å². The van der Waals surface area contributed by atoms with Gasteiger partial charge in [-0.25, -0.2) is 4.98 Å². The predicted molar refractivity (Wildman–Crippen MR) is 56.4 cm³/mol. The van der Waals surface area contributed by atoms with Crippen LogP contribution in [0.1, 0.15) is 6.92 Å². The van der Waals surface area contributed by atoms with Gasteiger partial charge in [0, 0.05) is 18.9 Å². The first-order valence-corrected chi connectivity index (χ1v) is 4.82. The van der Waals surface area contributed by atoms with Crippen LogP contribution in [0, 0.1) is 0 Å². The van der Waals surface area contributed by atoms with Crippen molar-refractivity contribution in [1.29, 1.82) is 0 Å². The molecule has 3 rings (SSSR count). The fourth-order valence-corrected chi connectivity index (χ4v) is 2.00. The molecule has 0 bridgehead atoms. The third-order valence-electron chi connectivity index (χ3n) is 2.61. The highest BCUT2D eigenvalue weighted by atomic mass is 15.2. The minimum atomic E-state index is 0.952. The molecular formula is C11H11N3. The van der Waals surface area contributed by atoms with Gasteiger partial charge in [-0.1, -0.05) is 12.1 Å². The average molecular weight is 185 g/mol. The summed E-state index contributed by atoms with van der Waals surface area (Å²) in [5.74, 6) is 1.02. The highest BCUT2D eigenvalue weighted by Crippen LogP contribution is 2.19. The number of aryl methyl sites for hydroxylation is 1. The fraction of sp³-hybridized carbons (Fsp3) is 0.182. The first-order valence-electron chi connectivity index (χ1n) is 4.82. The van der Waals surface area contributed by atoms with Crippen molar-refractivity contribution in [1.82, 2.24) is 14.0 Å². The third kappa shape index (κ3) is 0.789. The molecule has 0 amide bonds. The van der Waals surface area contributed by atoms with Gasteiger partial charge < -0.3 is 4.57 Å². The van der Waals surface area contributed by atoms with Crippen LogP contribution in [0.25, 0.3) is 16.8 Å². The Morgan fingerprint density at radius 1 is 1.21 bits per heavy atom. The Balaban J connectivity index is 2.62. The number of para-hydroxylation sites is 2. The smallest absolute Gasteiger partial charge is 0.214 e. The Morgan fingerprint density at radius 2 is 2.00 bits per heavy atom. The summed E-state index contributed by atoms with van der Waals surface area (Å²) in [7, 11) is 0. The molecule has 0 aliphatic carbocycles. The first-order chi connectivity index (χ1) is 6.92. The van der Waals surface area contributed by atoms with Gasteiger partial charge >= 0.3 is 0 Å². The summed E-state index contributed by atoms with van der Waals surface area (Å²) in [5.41, 5.74) is 2.47. The van der Waals surface area contributed by atoms with E-state index in [0.29, 0.717) is 0 Å². The number of aromatic nitrogens is 3. The molecule has 0 radical (unpaired) electrons. The molecule has 3 aromatic rings. The van der Waals surface area contributed by atoms with Crippen molar-refractivity contribution in [2.45, 2.75) is 13.5 Å². The summed E-state index contributed by atoms with van der Waals surface area (Å²) in [6.07, 6.45) is 3.84. The maximum atomic E-state index is 4.35. The van der Waals surface area contributed by atoms with Crippen molar-refractivity contribution >= 4 is 16.8 Å². The van der Waals surface area contributed by atoms with Gasteiger partial charge in [0.1, 0.15) is 0 Å². The molecule has 14 heavy (non-hydrogen) atoms. The standard InChI is InChI=1S/C11H11N3/c1-2-13-9-5-3-4-6-10(9)14-8-7-12-11(13)14/h3-8H,2H2,1H3. The summed E-state index contributed by atoms with van der Waals surface area (Å²) >= 11 is 0. The molecule has 3 heteroatoms. The molecule has 0 fully saturated rings. The van der Waals surface area contributed by atoms with Crippen LogP contribution in [0.3, 0.4) is 0 Å². The highest BCUT2D eigenvalue weighted by molar-refractivity contribution is 5.80. The van der Waals surface area contributed by atoms with E-state index in [1.54, 1.807) is 0 Å². The molecule has 0 spiro atoms. The molecule has 2 heterocycles. The van der Waals surface area contributed by atoms with Crippen molar-refractivity contribution in [2.24, 2.45) is 0 Å². The quantitative estimate of drug-likeness (QED) is 0.570. The molecule has 1 aromatic carbocycles. The van der Waals surface area contributed by atoms with Crippen LogP contribution in [0.4, 0.5) is 0 Å². The van der Waals surface area contributed by atoms with Crippen LogP contribution in [0.2, 0.25) is 0 Å². The maximum Gasteiger partial charge on any atom is 0.214 e. The second-order valence-electron chi connectivity index (χ2n) is 3.33. The molecular weight excluding hydrogens is 174 g/mol. The number of hydrogen-bond donors (Lipinski definition) is 0. The molecule has 0 aliphatic heterocycles. The lowest BCUT2D eigenvalue weighted by Crippen LogP contribution is -1.93. The van der Waals surface area contributed by atoms with Gasteiger partial charge in [0.15, 0.2) is 0 Å². The van der Waals surface area contributed by atoms with Crippen molar-refractivity contribution in [2.75, 3.05) is 0 Å². The normalized spacial score (nSPS) is 11.5. The molecule has 0 unspecified atom stereocenters. The Hall–Kier alpha value is -1.77. The van der Waals surface area contributed by atoms with Gasteiger partial charge in [0.05, 0.1) is 11.0 Å². The van der Waals surface area contributed by atoms with E-state index in [-0.39, 0.29) is 0 Å². The molecule has 0 saturated heterocycles. The summed E-state index contributed by atoms with van der Waals surface area (Å²) in [5, 5.41) is 0. The van der Waals surface area contributed by atoms with Crippen LogP contribution < -0.4 is 0 Å². The van der Waals surface area contributed by atoms with E-state index in [2.05, 4.69) is 45.1 Å². The molecule has 0 N–H and O–H groups in total. The lowest BCUT2D eigenvalue weighted by Gasteiger charge is -1.97. The lowest BCUT2D eigenvalue weighted by molar-refractivity contribution is 0.807. The number of rotatable bonds is 1. The zero-order valence-electron chi connectivity index (χ0n) is 8.01. The zero-order valence-corrected chi connectivity index (χ0v) is 8.01. The van der Waals surface area contributed by atoms with Gasteiger partial charge in [-0.2, -0.15) is 0 Å². The van der Waals surface area contributed by atoms with Crippen molar-refractivity contribution < 1.29 is 0 Å². The number of nitrogens with zero attached hydrogens (tertiary/aromatic N) is 3. The number of imidazole rings is 2. The third-order valence-corrected chi connectivity index (χ3v) is 2.61. The largest absolute Gasteiger partial charge is 0.310 e. The van der Waals surface area contributed by atoms with E-state index in [0.717, 1.165) is 12.3 Å². The summed E-state index contributed by atoms with van der Waals surface area (Å²) in [6.45, 7) is 3.09. The van der Waals surface area contributed by atoms with Crippen LogP contribution in [0.15, 0.2) is 36.7 Å². The second-order valence-corrected chi connectivity index (χ2v) is 3.33. The van der Waals surface area contributed by atoms with Crippen molar-refractivity contribution in [3.63, 3.8) is 0 Å². The molecule has 70 valence electrons. The Labute approximate surface area is 81.6 Å². The maximum absolute atomic E-state index is 4.35. The molecule has 0 aliphatic rings. The molecule has 0 saturated carbocycles. The Bertz CT molecular complexity index is 589. The minimum Gasteiger partial charge on any atom is -0.310 e. The van der Waals surface area contributed by atoms with Crippen LogP contribution in [-0.4, -0.2) is 14.0 Å². The summed E-state index contributed by atoms with van der Waals surface area (Å²) < 4.78 is 4.34. The van der Waals surface area contributed by atoms with E-state index >= 15 is 0 Å². The zero-order chi connectivity index (χ0) is 9.54. The fourth-order valence-electron chi connectivity index (χ4n) is 2.00. The topological polar surface area (TPSA) is 22.2 Å². The summed E-state index contributed by atoms with van der Waals surface area (Å²) in [4.78, 5) is 4.35. The monoisotopic (exact) mass is 185 g/mol. The number of fused-ring (bicyclic) bond motifs is 3. The second kappa shape index (κ2) is 2.61. The number of hydrogen-bond acceptors (Lipinski definition) is 1. The minimum absolute atomic E-state index is 0.952. The van der Waals surface area contributed by atoms with E-state index in [4.69, 9.17) is 0 Å². The van der Waals surface area contributed by atoms with Crippen LogP contribution in [0.5, 0.6) is 0 Å². The highest BCUT2D eigenvalue weighted by Gasteiger charge is 2.07. The first kappa shape index (κ1) is 7.62. The van der Waals surface area contributed by atoms with Crippen LogP contribution >= 0.6 is 0 Å². The number of benzene rings is 1. The van der Waals surface area contributed by atoms with Crippen molar-refractivity contribution in [3.05, 3.63) is 36.7 Å². The van der Waals surface area contributed by atoms with Gasteiger partial charge in [0.25, 0.3) is 0 Å². The predicted octanol–water partition coefficient (Wildman–Crippen LogP) is 2.31. The van der Waals surface area contributed by atoms with Gasteiger partial charge in [-0.3, -0.25) is 4.40 Å². The van der Waals surface area contributed by atoms with E-state index in [1.807, 2.05) is 12.4 Å². The van der Waals surface area contributed by atoms with Gasteiger partial charge in [-0.05, 0) is 19.1 Å². The average Bonchev–Trinajstić information content (AvgIpc) is 2.77. The molecule has 0 atom stereocenters.